The number of halogens is 3. The molecule has 1 saturated heterocycles. The van der Waals surface area contributed by atoms with E-state index in [2.05, 4.69) is 43.2 Å². The first-order valence-electron chi connectivity index (χ1n) is 4.66. The molecule has 0 unspecified atom stereocenters. The third-order valence-corrected chi connectivity index (χ3v) is 3.68. The molecular formula is C10H13Br2ClN2. The zero-order valence-electron chi connectivity index (χ0n) is 8.09. The van der Waals surface area contributed by atoms with Crippen molar-refractivity contribution >= 4 is 50.0 Å². The monoisotopic (exact) mass is 354 g/mol. The second-order valence-electron chi connectivity index (χ2n) is 3.54. The van der Waals surface area contributed by atoms with Gasteiger partial charge in [-0.05, 0) is 53.0 Å². The summed E-state index contributed by atoms with van der Waals surface area (Å²) in [5, 5.41) is 3.45. The molecule has 1 heterocycles. The molecule has 15 heavy (non-hydrogen) atoms. The van der Waals surface area contributed by atoms with E-state index >= 15 is 0 Å². The van der Waals surface area contributed by atoms with Crippen molar-refractivity contribution in [3.05, 3.63) is 26.6 Å². The molecule has 0 aliphatic carbocycles. The summed E-state index contributed by atoms with van der Waals surface area (Å²) in [4.78, 5) is 0. The van der Waals surface area contributed by atoms with Gasteiger partial charge in [0.1, 0.15) is 0 Å². The van der Waals surface area contributed by atoms with Gasteiger partial charge in [-0.3, -0.25) is 0 Å². The maximum Gasteiger partial charge on any atom is 0.0507 e. The summed E-state index contributed by atoms with van der Waals surface area (Å²) in [5.41, 5.74) is 8.08. The summed E-state index contributed by atoms with van der Waals surface area (Å²) >= 11 is 6.94. The predicted octanol–water partition coefficient (Wildman–Crippen LogP) is 3.64. The molecule has 0 amide bonds. The highest BCUT2D eigenvalue weighted by atomic mass is 79.9. The molecule has 1 atom stereocenters. The predicted molar refractivity (Wildman–Crippen MR) is 73.5 cm³/mol. The largest absolute Gasteiger partial charge is 0.398 e. The van der Waals surface area contributed by atoms with Crippen LogP contribution in [0.5, 0.6) is 0 Å². The highest BCUT2D eigenvalue weighted by Gasteiger charge is 2.19. The fraction of sp³-hybridized carbons (Fsp3) is 0.400. The molecule has 0 bridgehead atoms. The SMILES string of the molecule is Cl.Nc1c(Br)cc(Br)cc1[C@H]1CCCN1. The maximum absolute atomic E-state index is 6.02. The van der Waals surface area contributed by atoms with Gasteiger partial charge in [0, 0.05) is 15.0 Å². The molecule has 5 heteroatoms. The van der Waals surface area contributed by atoms with Gasteiger partial charge in [-0.15, -0.1) is 12.4 Å². The average molecular weight is 356 g/mol. The molecule has 1 aromatic rings. The van der Waals surface area contributed by atoms with Crippen molar-refractivity contribution in [2.45, 2.75) is 18.9 Å². The second kappa shape index (κ2) is 5.53. The quantitative estimate of drug-likeness (QED) is 0.754. The molecule has 0 saturated carbocycles. The van der Waals surface area contributed by atoms with Crippen LogP contribution in [-0.4, -0.2) is 6.54 Å². The van der Waals surface area contributed by atoms with Gasteiger partial charge in [0.15, 0.2) is 0 Å². The Kier molecular flexibility index (Phi) is 4.90. The van der Waals surface area contributed by atoms with Gasteiger partial charge in [-0.25, -0.2) is 0 Å². The Bertz CT molecular complexity index is 352. The van der Waals surface area contributed by atoms with E-state index in [1.54, 1.807) is 0 Å². The highest BCUT2D eigenvalue weighted by Crippen LogP contribution is 2.35. The van der Waals surface area contributed by atoms with Gasteiger partial charge in [-0.1, -0.05) is 15.9 Å². The number of anilines is 1. The van der Waals surface area contributed by atoms with Gasteiger partial charge in [-0.2, -0.15) is 0 Å². The molecule has 1 aliphatic heterocycles. The first-order chi connectivity index (χ1) is 6.68. The summed E-state index contributed by atoms with van der Waals surface area (Å²) in [7, 11) is 0. The number of benzene rings is 1. The smallest absolute Gasteiger partial charge is 0.0507 e. The summed E-state index contributed by atoms with van der Waals surface area (Å²) < 4.78 is 2.04. The standard InChI is InChI=1S/C10H12Br2N2.ClH/c11-6-4-7(9-2-1-3-14-9)10(13)8(12)5-6;/h4-5,9,14H,1-3,13H2;1H/t9-;/m1./s1. The zero-order chi connectivity index (χ0) is 10.1. The fourth-order valence-electron chi connectivity index (χ4n) is 1.84. The van der Waals surface area contributed by atoms with E-state index in [0.29, 0.717) is 6.04 Å². The first-order valence-corrected chi connectivity index (χ1v) is 6.25. The van der Waals surface area contributed by atoms with Crippen molar-refractivity contribution in [1.29, 1.82) is 0 Å². The summed E-state index contributed by atoms with van der Waals surface area (Å²) in [6.07, 6.45) is 2.40. The van der Waals surface area contributed by atoms with Crippen molar-refractivity contribution in [1.82, 2.24) is 5.32 Å². The Hall–Kier alpha value is 0.230. The lowest BCUT2D eigenvalue weighted by atomic mass is 10.0. The second-order valence-corrected chi connectivity index (χ2v) is 5.31. The van der Waals surface area contributed by atoms with Crippen LogP contribution in [0.3, 0.4) is 0 Å². The maximum atomic E-state index is 6.02. The van der Waals surface area contributed by atoms with E-state index in [9.17, 15) is 0 Å². The minimum Gasteiger partial charge on any atom is -0.398 e. The number of rotatable bonds is 1. The summed E-state index contributed by atoms with van der Waals surface area (Å²) in [6.45, 7) is 1.09. The van der Waals surface area contributed by atoms with Crippen molar-refractivity contribution in [2.24, 2.45) is 0 Å². The number of nitrogens with two attached hydrogens (primary N) is 1. The van der Waals surface area contributed by atoms with Crippen molar-refractivity contribution in [3.63, 3.8) is 0 Å². The molecular weight excluding hydrogens is 343 g/mol. The van der Waals surface area contributed by atoms with Crippen molar-refractivity contribution in [2.75, 3.05) is 12.3 Å². The van der Waals surface area contributed by atoms with Crippen LogP contribution < -0.4 is 11.1 Å². The Morgan fingerprint density at radius 1 is 1.33 bits per heavy atom. The van der Waals surface area contributed by atoms with Gasteiger partial charge < -0.3 is 11.1 Å². The van der Waals surface area contributed by atoms with Crippen LogP contribution in [0.25, 0.3) is 0 Å². The first kappa shape index (κ1) is 13.3. The van der Waals surface area contributed by atoms with Gasteiger partial charge in [0.2, 0.25) is 0 Å². The van der Waals surface area contributed by atoms with Gasteiger partial charge in [0.25, 0.3) is 0 Å². The van der Waals surface area contributed by atoms with Crippen LogP contribution in [0.4, 0.5) is 5.69 Å². The van der Waals surface area contributed by atoms with E-state index in [1.807, 2.05) is 6.07 Å². The number of hydrogen-bond donors (Lipinski definition) is 2. The van der Waals surface area contributed by atoms with E-state index in [-0.39, 0.29) is 12.4 Å². The topological polar surface area (TPSA) is 38.0 Å². The van der Waals surface area contributed by atoms with Crippen LogP contribution >= 0.6 is 44.3 Å². The molecule has 1 aromatic carbocycles. The van der Waals surface area contributed by atoms with E-state index in [1.165, 1.54) is 18.4 Å². The number of hydrogen-bond acceptors (Lipinski definition) is 2. The third-order valence-electron chi connectivity index (χ3n) is 2.56. The fourth-order valence-corrected chi connectivity index (χ4v) is 3.10. The molecule has 0 aromatic heterocycles. The number of nitrogen functional groups attached to an aromatic ring is 1. The molecule has 1 aliphatic rings. The average Bonchev–Trinajstić information content (AvgIpc) is 2.63. The summed E-state index contributed by atoms with van der Waals surface area (Å²) in [5.74, 6) is 0. The lowest BCUT2D eigenvalue weighted by Gasteiger charge is -2.15. The lowest BCUT2D eigenvalue weighted by Crippen LogP contribution is -2.14. The minimum atomic E-state index is 0. The Morgan fingerprint density at radius 2 is 2.07 bits per heavy atom. The minimum absolute atomic E-state index is 0. The van der Waals surface area contributed by atoms with Crippen molar-refractivity contribution in [3.8, 4) is 0 Å². The van der Waals surface area contributed by atoms with Crippen LogP contribution in [-0.2, 0) is 0 Å². The molecule has 2 nitrogen and oxygen atoms in total. The van der Waals surface area contributed by atoms with Crippen LogP contribution in [0, 0.1) is 0 Å². The normalized spacial score (nSPS) is 20.0. The zero-order valence-corrected chi connectivity index (χ0v) is 12.1. The van der Waals surface area contributed by atoms with Crippen molar-refractivity contribution < 1.29 is 0 Å². The van der Waals surface area contributed by atoms with E-state index < -0.39 is 0 Å². The highest BCUT2D eigenvalue weighted by molar-refractivity contribution is 9.11. The Balaban J connectivity index is 0.00000112. The van der Waals surface area contributed by atoms with Gasteiger partial charge in [0.05, 0.1) is 5.69 Å². The van der Waals surface area contributed by atoms with Gasteiger partial charge >= 0.3 is 0 Å². The van der Waals surface area contributed by atoms with Crippen LogP contribution in [0.1, 0.15) is 24.4 Å². The van der Waals surface area contributed by atoms with Crippen LogP contribution in [0.2, 0.25) is 0 Å². The molecule has 0 spiro atoms. The molecule has 0 radical (unpaired) electrons. The van der Waals surface area contributed by atoms with Crippen LogP contribution in [0.15, 0.2) is 21.1 Å². The van der Waals surface area contributed by atoms with E-state index in [0.717, 1.165) is 21.2 Å². The third kappa shape index (κ3) is 2.87. The summed E-state index contributed by atoms with van der Waals surface area (Å²) in [6, 6.07) is 4.50. The molecule has 2 rings (SSSR count). The van der Waals surface area contributed by atoms with E-state index in [4.69, 9.17) is 5.73 Å². The molecule has 1 fully saturated rings. The molecule has 84 valence electrons. The Morgan fingerprint density at radius 3 is 2.67 bits per heavy atom. The lowest BCUT2D eigenvalue weighted by molar-refractivity contribution is 0.649. The number of nitrogens with one attached hydrogen (secondary N) is 1. The molecule has 3 N–H and O–H groups in total. The Labute approximate surface area is 113 Å².